The molecular weight excluding hydrogens is 465 g/mol. The minimum absolute atomic E-state index is 0.213. The van der Waals surface area contributed by atoms with Gasteiger partial charge in [-0.3, -0.25) is 0 Å². The van der Waals surface area contributed by atoms with E-state index in [1.54, 1.807) is 42.5 Å². The third-order valence-corrected chi connectivity index (χ3v) is 9.15. The van der Waals surface area contributed by atoms with E-state index < -0.39 is 11.6 Å². The molecule has 5 rings (SSSR count). The van der Waals surface area contributed by atoms with Crippen LogP contribution in [0.4, 0.5) is 13.2 Å². The lowest BCUT2D eigenvalue weighted by atomic mass is 9.68. The summed E-state index contributed by atoms with van der Waals surface area (Å²) in [6, 6.07) is 16.1. The van der Waals surface area contributed by atoms with Crippen molar-refractivity contribution in [3.05, 3.63) is 83.2 Å². The predicted octanol–water partition coefficient (Wildman–Crippen LogP) is 10.5. The maximum absolute atomic E-state index is 15.2. The Morgan fingerprint density at radius 2 is 1.22 bits per heavy atom. The van der Waals surface area contributed by atoms with Crippen LogP contribution in [0.3, 0.4) is 0 Å². The Labute approximate surface area is 220 Å². The van der Waals surface area contributed by atoms with E-state index in [-0.39, 0.29) is 11.4 Å². The van der Waals surface area contributed by atoms with Crippen molar-refractivity contribution in [3.8, 4) is 22.3 Å². The summed E-state index contributed by atoms with van der Waals surface area (Å²) in [5.41, 5.74) is 3.62. The monoisotopic (exact) mass is 504 g/mol. The van der Waals surface area contributed by atoms with E-state index in [0.29, 0.717) is 29.0 Å². The minimum atomic E-state index is -0.818. The molecule has 0 bridgehead atoms. The van der Waals surface area contributed by atoms with Gasteiger partial charge in [-0.15, -0.1) is 0 Å². The van der Waals surface area contributed by atoms with Gasteiger partial charge in [-0.05, 0) is 96.9 Å². The second kappa shape index (κ2) is 11.5. The van der Waals surface area contributed by atoms with Gasteiger partial charge in [-0.1, -0.05) is 81.6 Å². The molecular formula is C34H39F3. The Kier molecular flexibility index (Phi) is 8.07. The molecule has 3 aromatic rings. The van der Waals surface area contributed by atoms with E-state index in [1.807, 2.05) is 13.0 Å². The second-order valence-corrected chi connectivity index (χ2v) is 11.6. The van der Waals surface area contributed by atoms with Crippen molar-refractivity contribution in [2.24, 2.45) is 17.8 Å². The average Bonchev–Trinajstić information content (AvgIpc) is 2.92. The van der Waals surface area contributed by atoms with Crippen LogP contribution in [0.2, 0.25) is 0 Å². The molecule has 0 N–H and O–H groups in total. The number of benzene rings is 3. The van der Waals surface area contributed by atoms with Crippen LogP contribution in [0.1, 0.15) is 88.7 Å². The largest absolute Gasteiger partial charge is 0.206 e. The van der Waals surface area contributed by atoms with Crippen LogP contribution >= 0.6 is 0 Å². The summed E-state index contributed by atoms with van der Waals surface area (Å²) in [5.74, 6) is 1.29. The number of hydrogen-bond acceptors (Lipinski definition) is 0. The van der Waals surface area contributed by atoms with E-state index in [1.165, 1.54) is 38.5 Å². The highest BCUT2D eigenvalue weighted by Crippen LogP contribution is 2.44. The zero-order chi connectivity index (χ0) is 25.9. The molecule has 0 heterocycles. The zero-order valence-electron chi connectivity index (χ0n) is 22.2. The Bertz CT molecular complexity index is 1200. The molecule has 2 fully saturated rings. The predicted molar refractivity (Wildman–Crippen MR) is 147 cm³/mol. The molecule has 0 radical (unpaired) electrons. The van der Waals surface area contributed by atoms with Gasteiger partial charge < -0.3 is 0 Å². The van der Waals surface area contributed by atoms with Gasteiger partial charge in [0.2, 0.25) is 0 Å². The summed E-state index contributed by atoms with van der Waals surface area (Å²) in [7, 11) is 0. The fraction of sp³-hybridized carbons (Fsp3) is 0.471. The normalized spacial score (nSPS) is 24.2. The highest BCUT2D eigenvalue weighted by Gasteiger charge is 2.30. The summed E-state index contributed by atoms with van der Waals surface area (Å²) in [5, 5.41) is 0. The molecule has 37 heavy (non-hydrogen) atoms. The van der Waals surface area contributed by atoms with Crippen molar-refractivity contribution in [1.29, 1.82) is 0 Å². The van der Waals surface area contributed by atoms with E-state index >= 15 is 4.39 Å². The Hall–Kier alpha value is -2.55. The van der Waals surface area contributed by atoms with E-state index in [0.717, 1.165) is 48.1 Å². The fourth-order valence-corrected chi connectivity index (χ4v) is 6.80. The molecule has 0 atom stereocenters. The fourth-order valence-electron chi connectivity index (χ4n) is 6.80. The van der Waals surface area contributed by atoms with Gasteiger partial charge in [0.15, 0.2) is 11.6 Å². The molecule has 3 heteroatoms. The van der Waals surface area contributed by atoms with Crippen molar-refractivity contribution in [2.45, 2.75) is 84.0 Å². The van der Waals surface area contributed by atoms with Crippen LogP contribution in [0.25, 0.3) is 22.3 Å². The summed E-state index contributed by atoms with van der Waals surface area (Å²) in [6.07, 6.45) is 11.7. The van der Waals surface area contributed by atoms with Gasteiger partial charge in [-0.2, -0.15) is 0 Å². The van der Waals surface area contributed by atoms with Crippen LogP contribution < -0.4 is 0 Å². The van der Waals surface area contributed by atoms with E-state index in [4.69, 9.17) is 0 Å². The second-order valence-electron chi connectivity index (χ2n) is 11.6. The number of hydrogen-bond donors (Lipinski definition) is 0. The first-order chi connectivity index (χ1) is 17.9. The average molecular weight is 505 g/mol. The quantitative estimate of drug-likeness (QED) is 0.313. The van der Waals surface area contributed by atoms with E-state index in [9.17, 15) is 8.78 Å². The maximum atomic E-state index is 15.2. The molecule has 0 aliphatic heterocycles. The van der Waals surface area contributed by atoms with Crippen LogP contribution in [0.15, 0.2) is 54.6 Å². The lowest BCUT2D eigenvalue weighted by Gasteiger charge is -2.37. The number of aryl methyl sites for hydroxylation is 1. The molecule has 0 amide bonds. The van der Waals surface area contributed by atoms with Crippen LogP contribution in [-0.4, -0.2) is 0 Å². The van der Waals surface area contributed by atoms with Gasteiger partial charge in [0, 0.05) is 11.1 Å². The first kappa shape index (κ1) is 26.1. The van der Waals surface area contributed by atoms with Crippen molar-refractivity contribution >= 4 is 0 Å². The summed E-state index contributed by atoms with van der Waals surface area (Å²) >= 11 is 0. The van der Waals surface area contributed by atoms with Crippen LogP contribution in [0.5, 0.6) is 0 Å². The molecule has 0 unspecified atom stereocenters. The van der Waals surface area contributed by atoms with Crippen molar-refractivity contribution in [1.82, 2.24) is 0 Å². The van der Waals surface area contributed by atoms with Gasteiger partial charge in [-0.25, -0.2) is 13.2 Å². The molecule has 0 aromatic heterocycles. The molecule has 2 saturated carbocycles. The SMILES string of the molecule is CCCc1ccc(-c2ccc(-c3ccc(C4CCC(C5CCC(C)CC5)CC4)cc3F)cc2)c(F)c1F. The summed E-state index contributed by atoms with van der Waals surface area (Å²) in [4.78, 5) is 0. The topological polar surface area (TPSA) is 0 Å². The summed E-state index contributed by atoms with van der Waals surface area (Å²) < 4.78 is 44.4. The summed E-state index contributed by atoms with van der Waals surface area (Å²) in [6.45, 7) is 4.32. The smallest absolute Gasteiger partial charge is 0.166 e. The van der Waals surface area contributed by atoms with Gasteiger partial charge in [0.05, 0.1) is 0 Å². The maximum Gasteiger partial charge on any atom is 0.166 e. The first-order valence-corrected chi connectivity index (χ1v) is 14.3. The Balaban J connectivity index is 1.26. The Morgan fingerprint density at radius 1 is 0.649 bits per heavy atom. The highest BCUT2D eigenvalue weighted by atomic mass is 19.2. The highest BCUT2D eigenvalue weighted by molar-refractivity contribution is 5.71. The van der Waals surface area contributed by atoms with Gasteiger partial charge in [0.1, 0.15) is 5.82 Å². The Morgan fingerprint density at radius 3 is 1.81 bits per heavy atom. The van der Waals surface area contributed by atoms with Gasteiger partial charge in [0.25, 0.3) is 0 Å². The standard InChI is InChI=1S/C34H39F3/c1-3-4-28-17-20-31(34(37)33(28)36)27-15-13-26(14-16-27)30-19-18-29(21-32(30)35)25-11-9-24(10-12-25)23-7-5-22(2)6-8-23/h13-25H,3-12H2,1-2H3. The van der Waals surface area contributed by atoms with Crippen LogP contribution in [-0.2, 0) is 6.42 Å². The third kappa shape index (κ3) is 5.66. The van der Waals surface area contributed by atoms with Crippen molar-refractivity contribution in [2.75, 3.05) is 0 Å². The molecule has 2 aliphatic rings. The first-order valence-electron chi connectivity index (χ1n) is 14.3. The van der Waals surface area contributed by atoms with E-state index in [2.05, 4.69) is 13.0 Å². The minimum Gasteiger partial charge on any atom is -0.206 e. The lowest BCUT2D eigenvalue weighted by molar-refractivity contribution is 0.165. The molecule has 196 valence electrons. The van der Waals surface area contributed by atoms with Crippen LogP contribution in [0, 0.1) is 35.2 Å². The lowest BCUT2D eigenvalue weighted by Crippen LogP contribution is -2.24. The number of halogens is 3. The van der Waals surface area contributed by atoms with Crippen molar-refractivity contribution in [3.63, 3.8) is 0 Å². The molecule has 0 nitrogen and oxygen atoms in total. The van der Waals surface area contributed by atoms with Gasteiger partial charge >= 0.3 is 0 Å². The van der Waals surface area contributed by atoms with Crippen molar-refractivity contribution < 1.29 is 13.2 Å². The molecule has 0 saturated heterocycles. The molecule has 0 spiro atoms. The number of rotatable bonds is 6. The molecule has 2 aliphatic carbocycles. The molecule has 3 aromatic carbocycles. The zero-order valence-corrected chi connectivity index (χ0v) is 22.2. The third-order valence-electron chi connectivity index (χ3n) is 9.15.